The fourth-order valence-corrected chi connectivity index (χ4v) is 2.17. The van der Waals surface area contributed by atoms with Crippen LogP contribution >= 0.6 is 27.5 Å². The van der Waals surface area contributed by atoms with Crippen LogP contribution < -0.4 is 11.2 Å². The minimum absolute atomic E-state index is 0.575. The van der Waals surface area contributed by atoms with Crippen molar-refractivity contribution in [2.45, 2.75) is 13.0 Å². The van der Waals surface area contributed by atoms with Gasteiger partial charge in [-0.15, -0.1) is 0 Å². The molecule has 1 aromatic heterocycles. The van der Waals surface area contributed by atoms with Crippen LogP contribution in [0.15, 0.2) is 38.3 Å². The first kappa shape index (κ1) is 14.0. The van der Waals surface area contributed by atoms with Gasteiger partial charge in [-0.1, -0.05) is 39.7 Å². The van der Waals surface area contributed by atoms with Crippen LogP contribution in [0.5, 0.6) is 0 Å². The highest BCUT2D eigenvalue weighted by Gasteiger charge is 2.18. The fourth-order valence-electron chi connectivity index (χ4n) is 1.74. The van der Waals surface area contributed by atoms with Crippen molar-refractivity contribution in [2.75, 3.05) is 0 Å². The van der Waals surface area contributed by atoms with Crippen LogP contribution in [0.25, 0.3) is 0 Å². The first-order valence-electron chi connectivity index (χ1n) is 5.37. The summed E-state index contributed by atoms with van der Waals surface area (Å²) in [4.78, 5) is 25.6. The molecule has 0 fully saturated rings. The lowest BCUT2D eigenvalue weighted by Crippen LogP contribution is -2.39. The summed E-state index contributed by atoms with van der Waals surface area (Å²) >= 11 is 8.70. The summed E-state index contributed by atoms with van der Waals surface area (Å²) in [5.74, 6) is -1.16. The second-order valence-electron chi connectivity index (χ2n) is 3.96. The Bertz CT molecular complexity index is 724. The van der Waals surface area contributed by atoms with Gasteiger partial charge in [0.15, 0.2) is 5.15 Å². The molecule has 19 heavy (non-hydrogen) atoms. The second kappa shape index (κ2) is 5.30. The van der Waals surface area contributed by atoms with Crippen molar-refractivity contribution in [1.82, 2.24) is 9.55 Å². The van der Waals surface area contributed by atoms with Crippen LogP contribution in [0, 0.1) is 5.82 Å². The Morgan fingerprint density at radius 3 is 2.47 bits per heavy atom. The average Bonchev–Trinajstić information content (AvgIpc) is 2.37. The van der Waals surface area contributed by atoms with E-state index in [1.54, 1.807) is 31.2 Å². The molecule has 0 spiro atoms. The van der Waals surface area contributed by atoms with Crippen molar-refractivity contribution in [1.29, 1.82) is 0 Å². The maximum Gasteiger partial charge on any atom is 0.330 e. The summed E-state index contributed by atoms with van der Waals surface area (Å²) in [5.41, 5.74) is -1.08. The summed E-state index contributed by atoms with van der Waals surface area (Å²) < 4.78 is 15.1. The van der Waals surface area contributed by atoms with Gasteiger partial charge in [-0.3, -0.25) is 14.3 Å². The van der Waals surface area contributed by atoms with Crippen molar-refractivity contribution in [3.05, 3.63) is 66.1 Å². The van der Waals surface area contributed by atoms with Crippen molar-refractivity contribution < 1.29 is 4.39 Å². The van der Waals surface area contributed by atoms with Gasteiger partial charge in [0.1, 0.15) is 0 Å². The molecule has 1 N–H and O–H groups in total. The van der Waals surface area contributed by atoms with E-state index in [2.05, 4.69) is 20.9 Å². The van der Waals surface area contributed by atoms with Crippen LogP contribution in [0.3, 0.4) is 0 Å². The first-order valence-corrected chi connectivity index (χ1v) is 6.54. The number of hydrogen-bond donors (Lipinski definition) is 1. The lowest BCUT2D eigenvalue weighted by atomic mass is 10.1. The van der Waals surface area contributed by atoms with Gasteiger partial charge >= 0.3 is 5.69 Å². The van der Waals surface area contributed by atoms with E-state index in [0.717, 1.165) is 9.04 Å². The predicted octanol–water partition coefficient (Wildman–Crippen LogP) is 2.70. The third-order valence-corrected chi connectivity index (χ3v) is 3.56. The third-order valence-electron chi connectivity index (χ3n) is 2.77. The molecule has 0 radical (unpaired) electrons. The molecule has 7 heteroatoms. The molecule has 4 nitrogen and oxygen atoms in total. The lowest BCUT2D eigenvalue weighted by Gasteiger charge is -2.14. The zero-order valence-electron chi connectivity index (χ0n) is 9.78. The maximum absolute atomic E-state index is 13.5. The largest absolute Gasteiger partial charge is 0.330 e. The van der Waals surface area contributed by atoms with E-state index in [-0.39, 0.29) is 0 Å². The minimum atomic E-state index is -1.16. The van der Waals surface area contributed by atoms with Crippen LogP contribution in [-0.4, -0.2) is 9.55 Å². The monoisotopic (exact) mass is 346 g/mol. The molecule has 0 aliphatic carbocycles. The molecule has 100 valence electrons. The van der Waals surface area contributed by atoms with Crippen molar-refractivity contribution >= 4 is 27.5 Å². The zero-order valence-corrected chi connectivity index (χ0v) is 12.1. The molecule has 0 saturated carbocycles. The first-order chi connectivity index (χ1) is 8.91. The third kappa shape index (κ3) is 2.64. The molecule has 0 aliphatic rings. The number of rotatable bonds is 2. The van der Waals surface area contributed by atoms with Gasteiger partial charge in [-0.05, 0) is 24.6 Å². The highest BCUT2D eigenvalue weighted by molar-refractivity contribution is 9.10. The average molecular weight is 348 g/mol. The molecule has 0 saturated heterocycles. The smallest absolute Gasteiger partial charge is 0.295 e. The molecule has 1 heterocycles. The Morgan fingerprint density at radius 1 is 1.32 bits per heavy atom. The summed E-state index contributed by atoms with van der Waals surface area (Å²) in [6, 6.07) is 6.44. The Hall–Kier alpha value is -1.40. The van der Waals surface area contributed by atoms with Crippen molar-refractivity contribution in [3.8, 4) is 0 Å². The normalized spacial score (nSPS) is 12.4. The quantitative estimate of drug-likeness (QED) is 0.849. The molecule has 0 amide bonds. The van der Waals surface area contributed by atoms with Crippen LogP contribution in [0.1, 0.15) is 18.5 Å². The summed E-state index contributed by atoms with van der Waals surface area (Å²) in [6.07, 6.45) is 0. The number of nitrogens with zero attached hydrogens (tertiary/aromatic N) is 1. The number of benzene rings is 1. The molecular weight excluding hydrogens is 338 g/mol. The lowest BCUT2D eigenvalue weighted by molar-refractivity contribution is 0.515. The predicted molar refractivity (Wildman–Crippen MR) is 74.2 cm³/mol. The molecule has 2 aromatic rings. The molecular formula is C12H9BrClFN2O2. The van der Waals surface area contributed by atoms with Crippen LogP contribution in [0.2, 0.25) is 5.15 Å². The van der Waals surface area contributed by atoms with Gasteiger partial charge < -0.3 is 0 Å². The fraction of sp³-hybridized carbons (Fsp3) is 0.167. The highest BCUT2D eigenvalue weighted by atomic mass is 79.9. The van der Waals surface area contributed by atoms with Gasteiger partial charge in [0.25, 0.3) is 5.56 Å². The standard InChI is InChI=1S/C12H9BrClFN2O2/c1-6(7-2-4-8(13)5-3-7)17-11(18)9(15)10(14)16-12(17)19/h2-6H,1H3,(H,16,19). The number of hydrogen-bond acceptors (Lipinski definition) is 2. The molecule has 1 aromatic carbocycles. The van der Waals surface area contributed by atoms with Gasteiger partial charge in [-0.2, -0.15) is 4.39 Å². The molecule has 0 bridgehead atoms. The van der Waals surface area contributed by atoms with E-state index in [9.17, 15) is 14.0 Å². The number of aromatic amines is 1. The Morgan fingerprint density at radius 2 is 1.89 bits per heavy atom. The van der Waals surface area contributed by atoms with Crippen LogP contribution in [0.4, 0.5) is 4.39 Å². The number of halogens is 3. The topological polar surface area (TPSA) is 54.9 Å². The van der Waals surface area contributed by atoms with Gasteiger partial charge in [0.2, 0.25) is 5.82 Å². The van der Waals surface area contributed by atoms with Crippen molar-refractivity contribution in [2.24, 2.45) is 0 Å². The van der Waals surface area contributed by atoms with E-state index in [1.807, 2.05) is 0 Å². The highest BCUT2D eigenvalue weighted by Crippen LogP contribution is 2.18. The van der Waals surface area contributed by atoms with Gasteiger partial charge in [-0.25, -0.2) is 4.79 Å². The zero-order chi connectivity index (χ0) is 14.2. The van der Waals surface area contributed by atoms with Gasteiger partial charge in [0, 0.05) is 4.47 Å². The summed E-state index contributed by atoms with van der Waals surface area (Å²) in [7, 11) is 0. The van der Waals surface area contributed by atoms with E-state index in [4.69, 9.17) is 11.6 Å². The van der Waals surface area contributed by atoms with Gasteiger partial charge in [0.05, 0.1) is 6.04 Å². The molecule has 0 aliphatic heterocycles. The summed E-state index contributed by atoms with van der Waals surface area (Å²) in [5, 5.41) is -0.575. The Balaban J connectivity index is 2.59. The van der Waals surface area contributed by atoms with Crippen LogP contribution in [-0.2, 0) is 0 Å². The molecule has 1 atom stereocenters. The SMILES string of the molecule is CC(c1ccc(Br)cc1)n1c(=O)[nH]c(Cl)c(F)c1=O. The Kier molecular flexibility index (Phi) is 3.91. The van der Waals surface area contributed by atoms with E-state index in [0.29, 0.717) is 5.56 Å². The number of H-pyrrole nitrogens is 1. The van der Waals surface area contributed by atoms with E-state index in [1.165, 1.54) is 0 Å². The maximum atomic E-state index is 13.5. The van der Waals surface area contributed by atoms with E-state index >= 15 is 0 Å². The minimum Gasteiger partial charge on any atom is -0.295 e. The van der Waals surface area contributed by atoms with E-state index < -0.39 is 28.3 Å². The van der Waals surface area contributed by atoms with Crippen molar-refractivity contribution in [3.63, 3.8) is 0 Å². The molecule has 2 rings (SSSR count). The Labute approximate surface area is 121 Å². The number of aromatic nitrogens is 2. The number of nitrogens with one attached hydrogen (secondary N) is 1. The second-order valence-corrected chi connectivity index (χ2v) is 5.25. The summed E-state index contributed by atoms with van der Waals surface area (Å²) in [6.45, 7) is 1.63. The molecule has 1 unspecified atom stereocenters.